The molecule has 2 aromatic rings. The molecular formula is C7H7N5O2. The van der Waals surface area contributed by atoms with Gasteiger partial charge >= 0.3 is 11.7 Å². The van der Waals surface area contributed by atoms with E-state index in [0.717, 1.165) is 0 Å². The third-order valence-corrected chi connectivity index (χ3v) is 1.68. The minimum Gasteiger partial charge on any atom is -0.359 e. The Labute approximate surface area is 77.6 Å². The zero-order valence-corrected chi connectivity index (χ0v) is 7.02. The maximum absolute atomic E-state index is 11.1. The molecule has 4 N–H and O–H groups in total. The summed E-state index contributed by atoms with van der Waals surface area (Å²) in [7, 11) is 0. The molecule has 7 nitrogen and oxygen atoms in total. The Morgan fingerprint density at radius 3 is 2.86 bits per heavy atom. The fourth-order valence-corrected chi connectivity index (χ4v) is 1.07. The summed E-state index contributed by atoms with van der Waals surface area (Å²) in [6.45, 7) is 0. The van der Waals surface area contributed by atoms with Gasteiger partial charge in [0.2, 0.25) is 0 Å². The summed E-state index contributed by atoms with van der Waals surface area (Å²) in [5, 5.41) is 3.69. The highest BCUT2D eigenvalue weighted by atomic mass is 16.2. The predicted molar refractivity (Wildman–Crippen MR) is 47.6 cm³/mol. The predicted octanol–water partition coefficient (Wildman–Crippen LogP) is -0.507. The van der Waals surface area contributed by atoms with E-state index in [1.165, 1.54) is 0 Å². The normalized spacial score (nSPS) is 10.3. The van der Waals surface area contributed by atoms with Crippen LogP contribution in [0.1, 0.15) is 0 Å². The van der Waals surface area contributed by atoms with Crippen molar-refractivity contribution >= 4 is 6.03 Å². The van der Waals surface area contributed by atoms with Gasteiger partial charge in [0.05, 0.1) is 5.69 Å². The summed E-state index contributed by atoms with van der Waals surface area (Å²) < 4.78 is 0.566. The van der Waals surface area contributed by atoms with Crippen molar-refractivity contribution in [2.24, 2.45) is 5.73 Å². The summed E-state index contributed by atoms with van der Waals surface area (Å²) in [6, 6.07) is 2.55. The van der Waals surface area contributed by atoms with Gasteiger partial charge in [0.25, 0.3) is 0 Å². The molecule has 14 heavy (non-hydrogen) atoms. The Hall–Kier alpha value is -2.31. The van der Waals surface area contributed by atoms with Gasteiger partial charge in [-0.15, -0.1) is 9.78 Å². The SMILES string of the molecule is NC(=O)n1nc(-c2ccc[nH]2)[nH]c1=O. The first-order valence-corrected chi connectivity index (χ1v) is 3.81. The van der Waals surface area contributed by atoms with E-state index in [2.05, 4.69) is 15.1 Å². The van der Waals surface area contributed by atoms with Gasteiger partial charge < -0.3 is 10.7 Å². The number of hydrogen-bond donors (Lipinski definition) is 3. The molecule has 0 unspecified atom stereocenters. The smallest absolute Gasteiger partial charge is 0.352 e. The van der Waals surface area contributed by atoms with Gasteiger partial charge in [0, 0.05) is 6.20 Å². The van der Waals surface area contributed by atoms with Crippen molar-refractivity contribution in [3.63, 3.8) is 0 Å². The van der Waals surface area contributed by atoms with Crippen LogP contribution in [0.5, 0.6) is 0 Å². The van der Waals surface area contributed by atoms with Crippen LogP contribution in [0.2, 0.25) is 0 Å². The summed E-state index contributed by atoms with van der Waals surface area (Å²) in [4.78, 5) is 27.0. The van der Waals surface area contributed by atoms with E-state index in [-0.39, 0.29) is 5.82 Å². The number of carbonyl (C=O) groups excluding carboxylic acids is 1. The monoisotopic (exact) mass is 193 g/mol. The summed E-state index contributed by atoms with van der Waals surface area (Å²) in [5.74, 6) is 0.277. The molecule has 0 atom stereocenters. The third-order valence-electron chi connectivity index (χ3n) is 1.68. The van der Waals surface area contributed by atoms with Gasteiger partial charge in [-0.05, 0) is 12.1 Å². The van der Waals surface area contributed by atoms with E-state index < -0.39 is 11.7 Å². The number of nitrogens with one attached hydrogen (secondary N) is 2. The van der Waals surface area contributed by atoms with Crippen LogP contribution in [0.25, 0.3) is 11.5 Å². The second kappa shape index (κ2) is 2.87. The summed E-state index contributed by atoms with van der Waals surface area (Å²) in [5.41, 5.74) is 4.87. The van der Waals surface area contributed by atoms with Crippen molar-refractivity contribution < 1.29 is 4.79 Å². The molecule has 0 aliphatic heterocycles. The molecule has 0 aromatic carbocycles. The van der Waals surface area contributed by atoms with E-state index >= 15 is 0 Å². The number of hydrogen-bond acceptors (Lipinski definition) is 3. The van der Waals surface area contributed by atoms with Gasteiger partial charge in [0.15, 0.2) is 5.82 Å². The Kier molecular flexibility index (Phi) is 1.70. The highest BCUT2D eigenvalue weighted by Crippen LogP contribution is 2.07. The number of primary amides is 1. The van der Waals surface area contributed by atoms with Gasteiger partial charge in [-0.2, -0.15) is 0 Å². The molecule has 0 aliphatic carbocycles. The number of H-pyrrole nitrogens is 2. The van der Waals surface area contributed by atoms with Crippen molar-refractivity contribution in [1.29, 1.82) is 0 Å². The van der Waals surface area contributed by atoms with Gasteiger partial charge in [-0.25, -0.2) is 9.59 Å². The number of aromatic nitrogens is 4. The number of nitrogens with two attached hydrogens (primary N) is 1. The molecular weight excluding hydrogens is 186 g/mol. The van der Waals surface area contributed by atoms with Gasteiger partial charge in [0.1, 0.15) is 0 Å². The van der Waals surface area contributed by atoms with Crippen molar-refractivity contribution in [2.75, 3.05) is 0 Å². The first-order valence-electron chi connectivity index (χ1n) is 3.81. The summed E-state index contributed by atoms with van der Waals surface area (Å²) in [6.07, 6.45) is 1.68. The van der Waals surface area contributed by atoms with E-state index in [9.17, 15) is 9.59 Å². The average Bonchev–Trinajstić information content (AvgIpc) is 2.70. The quantitative estimate of drug-likeness (QED) is 0.567. The molecule has 0 fully saturated rings. The van der Waals surface area contributed by atoms with E-state index in [4.69, 9.17) is 5.73 Å². The Bertz CT molecular complexity index is 506. The van der Waals surface area contributed by atoms with E-state index in [1.54, 1.807) is 18.3 Å². The molecule has 2 aromatic heterocycles. The van der Waals surface area contributed by atoms with Gasteiger partial charge in [-0.3, -0.25) is 4.98 Å². The highest BCUT2D eigenvalue weighted by Gasteiger charge is 2.10. The Morgan fingerprint density at radius 2 is 2.36 bits per heavy atom. The second-order valence-electron chi connectivity index (χ2n) is 2.61. The first-order chi connectivity index (χ1) is 6.68. The zero-order valence-electron chi connectivity index (χ0n) is 7.02. The second-order valence-corrected chi connectivity index (χ2v) is 2.61. The molecule has 0 bridgehead atoms. The van der Waals surface area contributed by atoms with Crippen LogP contribution in [0.15, 0.2) is 23.1 Å². The molecule has 7 heteroatoms. The van der Waals surface area contributed by atoms with Crippen LogP contribution in [0.3, 0.4) is 0 Å². The lowest BCUT2D eigenvalue weighted by atomic mass is 10.4. The number of carbonyl (C=O) groups is 1. The fourth-order valence-electron chi connectivity index (χ4n) is 1.07. The third kappa shape index (κ3) is 1.20. The number of nitrogens with zero attached hydrogens (tertiary/aromatic N) is 2. The lowest BCUT2D eigenvalue weighted by Crippen LogP contribution is -2.30. The number of amides is 1. The van der Waals surface area contributed by atoms with Crippen molar-refractivity contribution in [2.45, 2.75) is 0 Å². The first kappa shape index (κ1) is 8.30. The van der Waals surface area contributed by atoms with Crippen molar-refractivity contribution in [3.8, 4) is 11.5 Å². The number of aromatic amines is 2. The lowest BCUT2D eigenvalue weighted by molar-refractivity contribution is 0.247. The molecule has 2 rings (SSSR count). The van der Waals surface area contributed by atoms with Crippen LogP contribution in [0, 0.1) is 0 Å². The van der Waals surface area contributed by atoms with Gasteiger partial charge in [-0.1, -0.05) is 0 Å². The van der Waals surface area contributed by atoms with Crippen LogP contribution < -0.4 is 11.4 Å². The van der Waals surface area contributed by atoms with E-state index in [0.29, 0.717) is 10.4 Å². The van der Waals surface area contributed by atoms with Crippen molar-refractivity contribution in [1.82, 2.24) is 19.7 Å². The molecule has 1 amide bonds. The zero-order chi connectivity index (χ0) is 10.1. The largest absolute Gasteiger partial charge is 0.359 e. The molecule has 0 spiro atoms. The van der Waals surface area contributed by atoms with Crippen LogP contribution in [0.4, 0.5) is 4.79 Å². The summed E-state index contributed by atoms with van der Waals surface area (Å²) >= 11 is 0. The van der Waals surface area contributed by atoms with Crippen LogP contribution >= 0.6 is 0 Å². The van der Waals surface area contributed by atoms with Crippen LogP contribution in [-0.4, -0.2) is 25.8 Å². The average molecular weight is 193 g/mol. The minimum absolute atomic E-state index is 0.277. The van der Waals surface area contributed by atoms with Crippen LogP contribution in [-0.2, 0) is 0 Å². The fraction of sp³-hybridized carbons (Fsp3) is 0. The lowest BCUT2D eigenvalue weighted by Gasteiger charge is -1.88. The number of rotatable bonds is 1. The Balaban J connectivity index is 2.53. The van der Waals surface area contributed by atoms with E-state index in [1.807, 2.05) is 0 Å². The molecule has 0 radical (unpaired) electrons. The molecule has 2 heterocycles. The molecule has 0 aliphatic rings. The minimum atomic E-state index is -0.913. The Morgan fingerprint density at radius 1 is 1.57 bits per heavy atom. The highest BCUT2D eigenvalue weighted by molar-refractivity contribution is 5.73. The standard InChI is InChI=1S/C7H7N5O2/c8-6(13)12-7(14)10-5(11-12)4-2-1-3-9-4/h1-3,9H,(H2,8,13)(H,10,11,14). The molecule has 72 valence electrons. The maximum Gasteiger partial charge on any atom is 0.352 e. The maximum atomic E-state index is 11.1. The van der Waals surface area contributed by atoms with Crippen molar-refractivity contribution in [3.05, 3.63) is 28.8 Å². The molecule has 0 saturated carbocycles. The topological polar surface area (TPSA) is 110 Å². The molecule has 0 saturated heterocycles.